The number of imide groups is 1. The Labute approximate surface area is 156 Å². The van der Waals surface area contributed by atoms with Crippen molar-refractivity contribution in [2.24, 2.45) is 0 Å². The number of benzene rings is 2. The maximum atomic E-state index is 13.1. The third-order valence-corrected chi connectivity index (χ3v) is 4.64. The summed E-state index contributed by atoms with van der Waals surface area (Å²) in [6, 6.07) is 12.0. The molecule has 140 valence electrons. The van der Waals surface area contributed by atoms with Gasteiger partial charge in [0, 0.05) is 5.69 Å². The predicted molar refractivity (Wildman–Crippen MR) is 98.4 cm³/mol. The number of nitrogens with zero attached hydrogens (tertiary/aromatic N) is 1. The van der Waals surface area contributed by atoms with Crippen LogP contribution in [0.2, 0.25) is 0 Å². The molecule has 1 heterocycles. The van der Waals surface area contributed by atoms with Gasteiger partial charge in [-0.15, -0.1) is 0 Å². The first-order chi connectivity index (χ1) is 12.8. The number of hydrogen-bond acceptors (Lipinski definition) is 3. The van der Waals surface area contributed by atoms with Crippen molar-refractivity contribution in [1.29, 1.82) is 0 Å². The van der Waals surface area contributed by atoms with Crippen molar-refractivity contribution < 1.29 is 18.8 Å². The Bertz CT molecular complexity index is 880. The van der Waals surface area contributed by atoms with Crippen molar-refractivity contribution in [1.82, 2.24) is 10.2 Å². The Kier molecular flexibility index (Phi) is 4.94. The minimum atomic E-state index is -1.34. The van der Waals surface area contributed by atoms with Crippen molar-refractivity contribution in [3.8, 4) is 0 Å². The lowest BCUT2D eigenvalue weighted by Crippen LogP contribution is -2.42. The molecule has 1 fully saturated rings. The van der Waals surface area contributed by atoms with Crippen LogP contribution in [-0.2, 0) is 21.5 Å². The quantitative estimate of drug-likeness (QED) is 0.796. The van der Waals surface area contributed by atoms with E-state index in [0.717, 1.165) is 16.9 Å². The summed E-state index contributed by atoms with van der Waals surface area (Å²) in [5.41, 5.74) is 0.830. The number of carbonyl (C=O) groups is 3. The van der Waals surface area contributed by atoms with Crippen LogP contribution < -0.4 is 10.6 Å². The van der Waals surface area contributed by atoms with E-state index in [0.29, 0.717) is 11.3 Å². The van der Waals surface area contributed by atoms with Gasteiger partial charge in [0.05, 0.1) is 0 Å². The van der Waals surface area contributed by atoms with Gasteiger partial charge in [-0.3, -0.25) is 14.5 Å². The van der Waals surface area contributed by atoms with E-state index in [-0.39, 0.29) is 0 Å². The maximum absolute atomic E-state index is 13.1. The van der Waals surface area contributed by atoms with Gasteiger partial charge in [0.1, 0.15) is 17.9 Å². The largest absolute Gasteiger partial charge is 0.325 e. The lowest BCUT2D eigenvalue weighted by atomic mass is 9.92. The second-order valence-corrected chi connectivity index (χ2v) is 6.55. The van der Waals surface area contributed by atoms with Crippen LogP contribution in [0.15, 0.2) is 48.5 Å². The summed E-state index contributed by atoms with van der Waals surface area (Å²) < 4.78 is 13.1. The molecule has 0 saturated carbocycles. The second-order valence-electron chi connectivity index (χ2n) is 6.55. The topological polar surface area (TPSA) is 78.5 Å². The standard InChI is InChI=1S/C20H20FN3O3/c1-3-13-4-10-16(11-5-13)22-17(25)12-24-18(26)20(2,23-19(24)27)14-6-8-15(21)9-7-14/h4-11H,3,12H2,1-2H3,(H,22,25)(H,23,27). The van der Waals surface area contributed by atoms with Crippen LogP contribution in [0.4, 0.5) is 14.9 Å². The minimum Gasteiger partial charge on any atom is -0.325 e. The average Bonchev–Trinajstić information content (AvgIpc) is 2.87. The molecule has 0 aliphatic carbocycles. The first-order valence-electron chi connectivity index (χ1n) is 8.62. The molecule has 0 radical (unpaired) electrons. The second kappa shape index (κ2) is 7.19. The zero-order chi connectivity index (χ0) is 19.6. The molecular formula is C20H20FN3O3. The highest BCUT2D eigenvalue weighted by atomic mass is 19.1. The molecule has 2 N–H and O–H groups in total. The van der Waals surface area contributed by atoms with Crippen molar-refractivity contribution >= 4 is 23.5 Å². The van der Waals surface area contributed by atoms with E-state index in [1.165, 1.54) is 31.2 Å². The average molecular weight is 369 g/mol. The van der Waals surface area contributed by atoms with Crippen LogP contribution in [0.1, 0.15) is 25.0 Å². The van der Waals surface area contributed by atoms with Gasteiger partial charge >= 0.3 is 6.03 Å². The Morgan fingerprint density at radius 1 is 1.11 bits per heavy atom. The maximum Gasteiger partial charge on any atom is 0.325 e. The molecule has 3 rings (SSSR count). The van der Waals surface area contributed by atoms with Crippen LogP contribution in [0, 0.1) is 5.82 Å². The first kappa shape index (κ1) is 18.6. The lowest BCUT2D eigenvalue weighted by Gasteiger charge is -2.22. The zero-order valence-corrected chi connectivity index (χ0v) is 15.1. The summed E-state index contributed by atoms with van der Waals surface area (Å²) in [6.45, 7) is 3.15. The summed E-state index contributed by atoms with van der Waals surface area (Å²) in [4.78, 5) is 38.1. The van der Waals surface area contributed by atoms with E-state index in [1.807, 2.05) is 19.1 Å². The molecule has 1 saturated heterocycles. The molecular weight excluding hydrogens is 349 g/mol. The number of amides is 4. The summed E-state index contributed by atoms with van der Waals surface area (Å²) >= 11 is 0. The van der Waals surface area contributed by atoms with E-state index in [1.54, 1.807) is 12.1 Å². The van der Waals surface area contributed by atoms with Gasteiger partial charge < -0.3 is 10.6 Å². The van der Waals surface area contributed by atoms with E-state index >= 15 is 0 Å². The Morgan fingerprint density at radius 3 is 2.33 bits per heavy atom. The molecule has 1 atom stereocenters. The molecule has 27 heavy (non-hydrogen) atoms. The van der Waals surface area contributed by atoms with E-state index in [4.69, 9.17) is 0 Å². The number of anilines is 1. The lowest BCUT2D eigenvalue weighted by molar-refractivity contribution is -0.133. The minimum absolute atomic E-state index is 0.406. The number of rotatable bonds is 5. The fourth-order valence-electron chi connectivity index (χ4n) is 2.99. The van der Waals surface area contributed by atoms with Crippen molar-refractivity contribution in [3.05, 3.63) is 65.5 Å². The molecule has 7 heteroatoms. The number of nitrogens with one attached hydrogen (secondary N) is 2. The van der Waals surface area contributed by atoms with Crippen LogP contribution in [0.3, 0.4) is 0 Å². The Hall–Kier alpha value is -3.22. The molecule has 4 amide bonds. The molecule has 6 nitrogen and oxygen atoms in total. The Balaban J connectivity index is 1.71. The van der Waals surface area contributed by atoms with Gasteiger partial charge in [-0.25, -0.2) is 9.18 Å². The molecule has 1 aliphatic rings. The molecule has 2 aromatic rings. The normalized spacial score (nSPS) is 19.1. The summed E-state index contributed by atoms with van der Waals surface area (Å²) in [6.07, 6.45) is 0.888. The number of aryl methyl sites for hydroxylation is 1. The molecule has 0 aromatic heterocycles. The number of carbonyl (C=O) groups excluding carboxylic acids is 3. The van der Waals surface area contributed by atoms with Crippen LogP contribution in [-0.4, -0.2) is 29.3 Å². The van der Waals surface area contributed by atoms with Gasteiger partial charge in [0.15, 0.2) is 0 Å². The van der Waals surface area contributed by atoms with Gasteiger partial charge in [-0.2, -0.15) is 0 Å². The summed E-state index contributed by atoms with van der Waals surface area (Å²) in [7, 11) is 0. The van der Waals surface area contributed by atoms with E-state index in [2.05, 4.69) is 10.6 Å². The smallest absolute Gasteiger partial charge is 0.325 e. The van der Waals surface area contributed by atoms with Crippen LogP contribution in [0.25, 0.3) is 0 Å². The molecule has 1 unspecified atom stereocenters. The van der Waals surface area contributed by atoms with Gasteiger partial charge in [0.2, 0.25) is 5.91 Å². The molecule has 0 bridgehead atoms. The molecule has 0 spiro atoms. The number of hydrogen-bond donors (Lipinski definition) is 2. The summed E-state index contributed by atoms with van der Waals surface area (Å²) in [5, 5.41) is 5.26. The van der Waals surface area contributed by atoms with E-state index < -0.39 is 35.7 Å². The SMILES string of the molecule is CCc1ccc(NC(=O)CN2C(=O)NC(C)(c3ccc(F)cc3)C2=O)cc1. The number of halogens is 1. The highest BCUT2D eigenvalue weighted by Crippen LogP contribution is 2.28. The van der Waals surface area contributed by atoms with Gasteiger partial charge in [-0.05, 0) is 48.7 Å². The molecule has 1 aliphatic heterocycles. The highest BCUT2D eigenvalue weighted by Gasteiger charge is 2.49. The summed E-state index contributed by atoms with van der Waals surface area (Å²) in [5.74, 6) is -1.48. The van der Waals surface area contributed by atoms with Crippen molar-refractivity contribution in [3.63, 3.8) is 0 Å². The van der Waals surface area contributed by atoms with Crippen molar-refractivity contribution in [2.75, 3.05) is 11.9 Å². The fourth-order valence-corrected chi connectivity index (χ4v) is 2.99. The zero-order valence-electron chi connectivity index (χ0n) is 15.1. The monoisotopic (exact) mass is 369 g/mol. The van der Waals surface area contributed by atoms with Gasteiger partial charge in [-0.1, -0.05) is 31.2 Å². The highest BCUT2D eigenvalue weighted by molar-refractivity contribution is 6.10. The van der Waals surface area contributed by atoms with Crippen LogP contribution in [0.5, 0.6) is 0 Å². The Morgan fingerprint density at radius 2 is 1.74 bits per heavy atom. The number of urea groups is 1. The van der Waals surface area contributed by atoms with Gasteiger partial charge in [0.25, 0.3) is 5.91 Å². The third-order valence-electron chi connectivity index (χ3n) is 4.64. The molecule has 2 aromatic carbocycles. The van der Waals surface area contributed by atoms with Crippen molar-refractivity contribution in [2.45, 2.75) is 25.8 Å². The van der Waals surface area contributed by atoms with Crippen LogP contribution >= 0.6 is 0 Å². The first-order valence-corrected chi connectivity index (χ1v) is 8.62. The fraction of sp³-hybridized carbons (Fsp3) is 0.250. The third kappa shape index (κ3) is 3.67. The predicted octanol–water partition coefficient (Wildman–Crippen LogP) is 2.79. The van der Waals surface area contributed by atoms with E-state index in [9.17, 15) is 18.8 Å².